The molecule has 4 heteroatoms. The van der Waals surface area contributed by atoms with Crippen LogP contribution in [0.5, 0.6) is 5.75 Å². The quantitative estimate of drug-likeness (QED) is 0.641. The molecular formula is C17H17BrO3. The molecular weight excluding hydrogens is 332 g/mol. The van der Waals surface area contributed by atoms with Crippen LogP contribution < -0.4 is 4.74 Å². The highest BCUT2D eigenvalue weighted by Gasteiger charge is 2.31. The average molecular weight is 349 g/mol. The van der Waals surface area contributed by atoms with E-state index in [1.165, 1.54) is 0 Å². The smallest absolute Gasteiger partial charge is 0.166 e. The second-order valence-corrected chi connectivity index (χ2v) is 5.42. The lowest BCUT2D eigenvalue weighted by atomic mass is 9.89. The summed E-state index contributed by atoms with van der Waals surface area (Å²) < 4.78 is 5.07. The molecule has 0 saturated carbocycles. The minimum atomic E-state index is -1.21. The Bertz CT molecular complexity index is 595. The molecule has 110 valence electrons. The third kappa shape index (κ3) is 3.71. The molecule has 1 N–H and O–H groups in total. The van der Waals surface area contributed by atoms with Crippen LogP contribution in [0.3, 0.4) is 0 Å². The summed E-state index contributed by atoms with van der Waals surface area (Å²) in [5, 5.41) is 11.0. The van der Waals surface area contributed by atoms with E-state index in [0.29, 0.717) is 16.6 Å². The minimum Gasteiger partial charge on any atom is -0.497 e. The predicted octanol–water partition coefficient (Wildman–Crippen LogP) is 3.55. The zero-order chi connectivity index (χ0) is 15.3. The molecule has 0 aliphatic rings. The Morgan fingerprint density at radius 2 is 1.76 bits per heavy atom. The lowest BCUT2D eigenvalue weighted by molar-refractivity contribution is 0.0477. The number of carbonyl (C=O) groups excluding carboxylic acids is 1. The summed E-state index contributed by atoms with van der Waals surface area (Å²) in [5.74, 6) is 0.591. The molecule has 21 heavy (non-hydrogen) atoms. The Morgan fingerprint density at radius 1 is 1.14 bits per heavy atom. The normalized spacial score (nSPS) is 13.5. The van der Waals surface area contributed by atoms with Gasteiger partial charge in [0.2, 0.25) is 0 Å². The van der Waals surface area contributed by atoms with Crippen molar-refractivity contribution in [3.05, 3.63) is 65.7 Å². The Labute approximate surface area is 132 Å². The van der Waals surface area contributed by atoms with Gasteiger partial charge < -0.3 is 9.84 Å². The first-order valence-electron chi connectivity index (χ1n) is 6.60. The molecule has 0 aliphatic heterocycles. The van der Waals surface area contributed by atoms with Gasteiger partial charge in [0.05, 0.1) is 7.11 Å². The van der Waals surface area contributed by atoms with Crippen LogP contribution in [0.25, 0.3) is 0 Å². The van der Waals surface area contributed by atoms with Crippen molar-refractivity contribution in [2.75, 3.05) is 12.4 Å². The highest BCUT2D eigenvalue weighted by Crippen LogP contribution is 2.29. The van der Waals surface area contributed by atoms with Crippen LogP contribution in [-0.2, 0) is 5.60 Å². The van der Waals surface area contributed by atoms with Crippen molar-refractivity contribution >= 4 is 21.7 Å². The highest BCUT2D eigenvalue weighted by molar-refractivity contribution is 9.09. The molecule has 0 bridgehead atoms. The standard InChI is InChI=1S/C17H17BrO3/c1-21-15-9-7-13(8-10-15)16(19)11-17(20,12-18)14-5-3-2-4-6-14/h2-10,20H,11-12H2,1H3. The number of halogens is 1. The van der Waals surface area contributed by atoms with Gasteiger partial charge in [-0.15, -0.1) is 0 Å². The van der Waals surface area contributed by atoms with Crippen LogP contribution in [0.4, 0.5) is 0 Å². The number of methoxy groups -OCH3 is 1. The van der Waals surface area contributed by atoms with Gasteiger partial charge >= 0.3 is 0 Å². The Balaban J connectivity index is 2.19. The molecule has 0 radical (unpaired) electrons. The largest absolute Gasteiger partial charge is 0.497 e. The minimum absolute atomic E-state index is 0.0224. The summed E-state index contributed by atoms with van der Waals surface area (Å²) in [6.07, 6.45) is 0.0224. The van der Waals surface area contributed by atoms with Gasteiger partial charge in [0, 0.05) is 17.3 Å². The van der Waals surface area contributed by atoms with Crippen molar-refractivity contribution in [1.29, 1.82) is 0 Å². The zero-order valence-electron chi connectivity index (χ0n) is 11.8. The van der Waals surface area contributed by atoms with Crippen molar-refractivity contribution in [2.45, 2.75) is 12.0 Å². The van der Waals surface area contributed by atoms with Crippen molar-refractivity contribution in [3.8, 4) is 5.75 Å². The van der Waals surface area contributed by atoms with Gasteiger partial charge in [-0.25, -0.2) is 0 Å². The molecule has 0 heterocycles. The molecule has 0 aliphatic carbocycles. The van der Waals surface area contributed by atoms with Gasteiger partial charge in [-0.3, -0.25) is 4.79 Å². The van der Waals surface area contributed by atoms with E-state index in [-0.39, 0.29) is 12.2 Å². The number of Topliss-reactive ketones (excluding diaryl/α,β-unsaturated/α-hetero) is 1. The maximum atomic E-state index is 12.4. The first kappa shape index (κ1) is 15.7. The molecule has 0 saturated heterocycles. The van der Waals surface area contributed by atoms with Crippen molar-refractivity contribution in [2.24, 2.45) is 0 Å². The van der Waals surface area contributed by atoms with Crippen LogP contribution >= 0.6 is 15.9 Å². The second kappa shape index (κ2) is 6.87. The number of rotatable bonds is 6. The molecule has 2 aromatic rings. The number of ketones is 1. The van der Waals surface area contributed by atoms with Gasteiger partial charge in [-0.1, -0.05) is 46.3 Å². The number of hydrogen-bond donors (Lipinski definition) is 1. The SMILES string of the molecule is COc1ccc(C(=O)CC(O)(CBr)c2ccccc2)cc1. The predicted molar refractivity (Wildman–Crippen MR) is 86.1 cm³/mol. The first-order valence-corrected chi connectivity index (χ1v) is 7.72. The third-order valence-electron chi connectivity index (χ3n) is 3.40. The van der Waals surface area contributed by atoms with Gasteiger partial charge in [-0.05, 0) is 29.8 Å². The van der Waals surface area contributed by atoms with E-state index in [9.17, 15) is 9.90 Å². The van der Waals surface area contributed by atoms with E-state index in [1.54, 1.807) is 31.4 Å². The number of alkyl halides is 1. The number of benzene rings is 2. The first-order chi connectivity index (χ1) is 10.1. The van der Waals surface area contributed by atoms with Gasteiger partial charge in [0.25, 0.3) is 0 Å². The van der Waals surface area contributed by atoms with Crippen molar-refractivity contribution < 1.29 is 14.6 Å². The molecule has 1 atom stereocenters. The van der Waals surface area contributed by atoms with Gasteiger partial charge in [0.1, 0.15) is 11.4 Å². The van der Waals surface area contributed by atoms with Crippen molar-refractivity contribution in [3.63, 3.8) is 0 Å². The third-order valence-corrected chi connectivity index (χ3v) is 4.32. The Kier molecular flexibility index (Phi) is 5.15. The molecule has 0 fully saturated rings. The van der Waals surface area contributed by atoms with Crippen molar-refractivity contribution in [1.82, 2.24) is 0 Å². The molecule has 2 aromatic carbocycles. The van der Waals surface area contributed by atoms with E-state index in [2.05, 4.69) is 15.9 Å². The average Bonchev–Trinajstić information content (AvgIpc) is 2.55. The Hall–Kier alpha value is -1.65. The maximum Gasteiger partial charge on any atom is 0.166 e. The zero-order valence-corrected chi connectivity index (χ0v) is 13.3. The highest BCUT2D eigenvalue weighted by atomic mass is 79.9. The summed E-state index contributed by atoms with van der Waals surface area (Å²) in [6, 6.07) is 16.1. The van der Waals surface area contributed by atoms with Crippen LogP contribution in [0.2, 0.25) is 0 Å². The molecule has 0 spiro atoms. The summed E-state index contributed by atoms with van der Waals surface area (Å²) in [4.78, 5) is 12.4. The van der Waals surface area contributed by atoms with Crippen LogP contribution in [0.15, 0.2) is 54.6 Å². The van der Waals surface area contributed by atoms with E-state index < -0.39 is 5.60 Å². The number of carbonyl (C=O) groups is 1. The molecule has 0 aromatic heterocycles. The lowest BCUT2D eigenvalue weighted by Gasteiger charge is -2.25. The van der Waals surface area contributed by atoms with E-state index >= 15 is 0 Å². The van der Waals surface area contributed by atoms with E-state index in [1.807, 2.05) is 30.3 Å². The van der Waals surface area contributed by atoms with E-state index in [4.69, 9.17) is 4.74 Å². The van der Waals surface area contributed by atoms with E-state index in [0.717, 1.165) is 5.56 Å². The molecule has 3 nitrogen and oxygen atoms in total. The lowest BCUT2D eigenvalue weighted by Crippen LogP contribution is -2.30. The summed E-state index contributed by atoms with van der Waals surface area (Å²) >= 11 is 3.31. The summed E-state index contributed by atoms with van der Waals surface area (Å²) in [5.41, 5.74) is 0.0768. The van der Waals surface area contributed by atoms with Gasteiger partial charge in [-0.2, -0.15) is 0 Å². The Morgan fingerprint density at radius 3 is 2.29 bits per heavy atom. The summed E-state index contributed by atoms with van der Waals surface area (Å²) in [7, 11) is 1.58. The fourth-order valence-electron chi connectivity index (χ4n) is 2.12. The molecule has 0 amide bonds. The van der Waals surface area contributed by atoms with Gasteiger partial charge in [0.15, 0.2) is 5.78 Å². The monoisotopic (exact) mass is 348 g/mol. The van der Waals surface area contributed by atoms with Crippen LogP contribution in [-0.4, -0.2) is 23.3 Å². The van der Waals surface area contributed by atoms with Crippen LogP contribution in [0.1, 0.15) is 22.3 Å². The molecule has 1 unspecified atom stereocenters. The number of ether oxygens (including phenoxy) is 1. The van der Waals surface area contributed by atoms with Crippen LogP contribution in [0, 0.1) is 0 Å². The number of aliphatic hydroxyl groups is 1. The summed E-state index contributed by atoms with van der Waals surface area (Å²) in [6.45, 7) is 0. The fraction of sp³-hybridized carbons (Fsp3) is 0.235. The topological polar surface area (TPSA) is 46.5 Å². The fourth-order valence-corrected chi connectivity index (χ4v) is 2.64. The molecule has 2 rings (SSSR count). The number of hydrogen-bond acceptors (Lipinski definition) is 3. The maximum absolute atomic E-state index is 12.4. The second-order valence-electron chi connectivity index (χ2n) is 4.86.